The molecule has 1 aromatic rings. The first-order valence-corrected chi connectivity index (χ1v) is 13.6. The zero-order chi connectivity index (χ0) is 26.2. The van der Waals surface area contributed by atoms with Gasteiger partial charge in [-0.05, 0) is 50.3 Å². The summed E-state index contributed by atoms with van der Waals surface area (Å²) in [5.41, 5.74) is 0.204. The van der Waals surface area contributed by atoms with Crippen molar-refractivity contribution in [3.8, 4) is 11.5 Å². The molecule has 2 rings (SSSR count). The molecule has 4 atom stereocenters. The molecule has 0 unspecified atom stereocenters. The Morgan fingerprint density at radius 1 is 1.09 bits per heavy atom. The second-order valence-electron chi connectivity index (χ2n) is 8.83. The molecule has 1 aliphatic rings. The highest BCUT2D eigenvalue weighted by Crippen LogP contribution is 2.31. The van der Waals surface area contributed by atoms with Gasteiger partial charge in [-0.15, -0.1) is 0 Å². The van der Waals surface area contributed by atoms with E-state index >= 15 is 0 Å². The van der Waals surface area contributed by atoms with E-state index in [1.54, 1.807) is 13.8 Å². The van der Waals surface area contributed by atoms with Gasteiger partial charge in [-0.3, -0.25) is 4.79 Å². The summed E-state index contributed by atoms with van der Waals surface area (Å²) < 4.78 is 33.6. The Hall–Kier alpha value is -2.69. The van der Waals surface area contributed by atoms with Gasteiger partial charge in [0.2, 0.25) is 0 Å². The van der Waals surface area contributed by atoms with Crippen LogP contribution in [-0.4, -0.2) is 72.4 Å². The Balaban J connectivity index is 2.25. The van der Waals surface area contributed by atoms with Crippen LogP contribution < -0.4 is 4.74 Å². The summed E-state index contributed by atoms with van der Waals surface area (Å²) in [5.74, 6) is -1.73. The number of carbonyl (C=O) groups excluding carboxylic acids is 2. The lowest BCUT2D eigenvalue weighted by molar-refractivity contribution is -0.127. The lowest BCUT2D eigenvalue weighted by Crippen LogP contribution is -2.32. The Morgan fingerprint density at radius 2 is 1.80 bits per heavy atom. The van der Waals surface area contributed by atoms with Crippen molar-refractivity contribution in [2.24, 2.45) is 5.92 Å². The topological polar surface area (TPSA) is 147 Å². The molecule has 1 heterocycles. The summed E-state index contributed by atoms with van der Waals surface area (Å²) in [6.45, 7) is 3.65. The Morgan fingerprint density at radius 3 is 2.49 bits per heavy atom. The third-order valence-electron chi connectivity index (χ3n) is 5.68. The molecule has 0 aromatic heterocycles. The number of phenolic OH excluding ortho intramolecular Hbond substituents is 1. The Bertz CT molecular complexity index is 1060. The Labute approximate surface area is 206 Å². The zero-order valence-corrected chi connectivity index (χ0v) is 21.0. The number of ether oxygens (including phenoxy) is 2. The van der Waals surface area contributed by atoms with Crippen LogP contribution in [0.15, 0.2) is 30.4 Å². The van der Waals surface area contributed by atoms with Gasteiger partial charge in [-0.25, -0.2) is 13.2 Å². The van der Waals surface area contributed by atoms with E-state index in [0.29, 0.717) is 25.0 Å². The number of unbranched alkanes of at least 4 members (excludes halogenated alkanes) is 2. The summed E-state index contributed by atoms with van der Waals surface area (Å²) in [6, 6.07) is 2.84. The first kappa shape index (κ1) is 28.5. The minimum Gasteiger partial charge on any atom is -0.507 e. The molecule has 0 amide bonds. The second kappa shape index (κ2) is 12.9. The number of cyclic esters (lactones) is 1. The number of phenols is 1. The number of hydrogen-bond donors (Lipinski definition) is 3. The van der Waals surface area contributed by atoms with E-state index in [0.717, 1.165) is 6.08 Å². The Kier molecular flexibility index (Phi) is 10.5. The van der Waals surface area contributed by atoms with E-state index in [1.807, 2.05) is 0 Å². The van der Waals surface area contributed by atoms with Crippen molar-refractivity contribution in [1.29, 1.82) is 0 Å². The van der Waals surface area contributed by atoms with Crippen LogP contribution >= 0.6 is 0 Å². The largest absolute Gasteiger partial charge is 0.507 e. The minimum absolute atomic E-state index is 0.0760. The van der Waals surface area contributed by atoms with Crippen LogP contribution in [0.4, 0.5) is 0 Å². The maximum atomic E-state index is 12.9. The highest BCUT2D eigenvalue weighted by Gasteiger charge is 2.25. The smallest absolute Gasteiger partial charge is 0.342 e. The summed E-state index contributed by atoms with van der Waals surface area (Å²) in [5, 5.41) is 30.8. The third-order valence-corrected chi connectivity index (χ3v) is 6.71. The van der Waals surface area contributed by atoms with Gasteiger partial charge in [-0.1, -0.05) is 25.2 Å². The lowest BCUT2D eigenvalue weighted by Gasteiger charge is -2.20. The van der Waals surface area contributed by atoms with Crippen molar-refractivity contribution in [3.05, 3.63) is 41.5 Å². The minimum atomic E-state index is -3.00. The molecule has 0 bridgehead atoms. The molecule has 10 heteroatoms. The number of rotatable bonds is 7. The predicted octanol–water partition coefficient (Wildman–Crippen LogP) is 2.43. The molecule has 194 valence electrons. The fourth-order valence-corrected chi connectivity index (χ4v) is 4.11. The molecule has 1 aromatic carbocycles. The summed E-state index contributed by atoms with van der Waals surface area (Å²) in [4.78, 5) is 25.0. The molecule has 3 N–H and O–H groups in total. The number of ketones is 1. The van der Waals surface area contributed by atoms with Gasteiger partial charge in [0.1, 0.15) is 39.1 Å². The highest BCUT2D eigenvalue weighted by atomic mass is 32.2. The van der Waals surface area contributed by atoms with E-state index in [2.05, 4.69) is 0 Å². The average molecular weight is 511 g/mol. The first-order chi connectivity index (χ1) is 16.4. The summed E-state index contributed by atoms with van der Waals surface area (Å²) in [7, 11) is -3.00. The number of aliphatic hydroxyl groups excluding tert-OH is 2. The number of aliphatic hydroxyl groups is 2. The predicted molar refractivity (Wildman–Crippen MR) is 131 cm³/mol. The van der Waals surface area contributed by atoms with E-state index in [9.17, 15) is 33.3 Å². The van der Waals surface area contributed by atoms with Crippen molar-refractivity contribution in [1.82, 2.24) is 0 Å². The fourth-order valence-electron chi connectivity index (χ4n) is 3.38. The van der Waals surface area contributed by atoms with Crippen LogP contribution in [0.2, 0.25) is 0 Å². The van der Waals surface area contributed by atoms with E-state index in [-0.39, 0.29) is 41.6 Å². The fraction of sp³-hybridized carbons (Fsp3) is 0.520. The number of aromatic hydroxyl groups is 1. The molecule has 1 aliphatic heterocycles. The van der Waals surface area contributed by atoms with Crippen LogP contribution in [0.1, 0.15) is 55.5 Å². The van der Waals surface area contributed by atoms with Crippen LogP contribution in [0.25, 0.3) is 6.08 Å². The first-order valence-electron chi connectivity index (χ1n) is 11.5. The molecule has 0 aliphatic carbocycles. The SMILES string of the molecule is C[C@@H]1/C=C\C(=O)[C@@H](O)[C@@H](O)C/C=C/c2cc(OCCCCCS(C)(=O)=O)cc(O)c2C(=O)O[C@H]1C. The van der Waals surface area contributed by atoms with Crippen molar-refractivity contribution in [3.63, 3.8) is 0 Å². The monoisotopic (exact) mass is 510 g/mol. The maximum absolute atomic E-state index is 12.9. The van der Waals surface area contributed by atoms with Crippen LogP contribution in [0.5, 0.6) is 11.5 Å². The lowest BCUT2D eigenvalue weighted by atomic mass is 9.99. The number of esters is 1. The second-order valence-corrected chi connectivity index (χ2v) is 11.1. The number of fused-ring (bicyclic) bond motifs is 1. The number of benzene rings is 1. The maximum Gasteiger partial charge on any atom is 0.342 e. The highest BCUT2D eigenvalue weighted by molar-refractivity contribution is 7.90. The van der Waals surface area contributed by atoms with Gasteiger partial charge in [0, 0.05) is 24.0 Å². The van der Waals surface area contributed by atoms with Gasteiger partial charge in [-0.2, -0.15) is 0 Å². The summed E-state index contributed by atoms with van der Waals surface area (Å²) in [6.07, 6.45) is 4.90. The van der Waals surface area contributed by atoms with E-state index in [4.69, 9.17) is 9.47 Å². The normalized spacial score (nSPS) is 25.7. The van der Waals surface area contributed by atoms with Crippen molar-refractivity contribution in [2.75, 3.05) is 18.6 Å². The van der Waals surface area contributed by atoms with Crippen molar-refractivity contribution < 1.29 is 42.8 Å². The standard InChI is InChI=1S/C25H34O9S/c1-16-10-11-21(27)24(29)20(26)9-7-8-18-14-19(33-12-5-4-6-13-35(3,31)32)15-22(28)23(18)25(30)34-17(16)2/h7-8,10-11,14-17,20,24,26,28-29H,4-6,9,12-13H2,1-3H3/b8-7+,11-10-/t16-,17+,20+,24+/m1/s1. The number of sulfone groups is 1. The number of hydrogen-bond acceptors (Lipinski definition) is 9. The molecule has 9 nitrogen and oxygen atoms in total. The molecular weight excluding hydrogens is 476 g/mol. The van der Waals surface area contributed by atoms with E-state index < -0.39 is 39.9 Å². The van der Waals surface area contributed by atoms with Gasteiger partial charge in [0.15, 0.2) is 5.78 Å². The number of carbonyl (C=O) groups is 2. The quantitative estimate of drug-likeness (QED) is 0.371. The van der Waals surface area contributed by atoms with Gasteiger partial charge < -0.3 is 24.8 Å². The van der Waals surface area contributed by atoms with Crippen molar-refractivity contribution in [2.45, 2.75) is 57.8 Å². The van der Waals surface area contributed by atoms with E-state index in [1.165, 1.54) is 36.6 Å². The molecule has 0 saturated carbocycles. The molecule has 0 radical (unpaired) electrons. The van der Waals surface area contributed by atoms with Gasteiger partial charge in [0.05, 0.1) is 12.7 Å². The average Bonchev–Trinajstić information content (AvgIpc) is 2.77. The molecule has 35 heavy (non-hydrogen) atoms. The molecule has 0 saturated heterocycles. The van der Waals surface area contributed by atoms with Gasteiger partial charge >= 0.3 is 5.97 Å². The zero-order valence-electron chi connectivity index (χ0n) is 20.2. The summed E-state index contributed by atoms with van der Waals surface area (Å²) >= 11 is 0. The van der Waals surface area contributed by atoms with Crippen LogP contribution in [-0.2, 0) is 19.4 Å². The third kappa shape index (κ3) is 9.12. The van der Waals surface area contributed by atoms with Gasteiger partial charge in [0.25, 0.3) is 0 Å². The molecule has 0 fully saturated rings. The molecule has 0 spiro atoms. The van der Waals surface area contributed by atoms with Crippen molar-refractivity contribution >= 4 is 27.7 Å². The van der Waals surface area contributed by atoms with Crippen LogP contribution in [0, 0.1) is 5.92 Å². The van der Waals surface area contributed by atoms with Crippen LogP contribution in [0.3, 0.4) is 0 Å². The molecular formula is C25H34O9S.